The second-order valence-electron chi connectivity index (χ2n) is 5.86. The SMILES string of the molecule is CC1Cc2c(nc3c(Cl)c(Cl)ccc3c2C(=O)O)C(C)C1. The lowest BCUT2D eigenvalue weighted by molar-refractivity contribution is 0.0697. The number of hydrogen-bond acceptors (Lipinski definition) is 2. The van der Waals surface area contributed by atoms with Crippen LogP contribution >= 0.6 is 23.2 Å². The predicted octanol–water partition coefficient (Wildman–Crippen LogP) is 4.93. The van der Waals surface area contributed by atoms with Crippen LogP contribution in [-0.2, 0) is 6.42 Å². The zero-order valence-electron chi connectivity index (χ0n) is 11.8. The molecule has 0 amide bonds. The van der Waals surface area contributed by atoms with Crippen LogP contribution in [0, 0.1) is 5.92 Å². The van der Waals surface area contributed by atoms with Gasteiger partial charge in [-0.3, -0.25) is 4.98 Å². The number of rotatable bonds is 1. The number of fused-ring (bicyclic) bond motifs is 2. The number of pyridine rings is 1. The average molecular weight is 324 g/mol. The zero-order valence-corrected chi connectivity index (χ0v) is 13.3. The van der Waals surface area contributed by atoms with Crippen LogP contribution in [0.2, 0.25) is 10.0 Å². The van der Waals surface area contributed by atoms with Gasteiger partial charge in [0.25, 0.3) is 0 Å². The van der Waals surface area contributed by atoms with Crippen molar-refractivity contribution in [2.24, 2.45) is 5.92 Å². The molecule has 0 saturated carbocycles. The Morgan fingerprint density at radius 3 is 2.71 bits per heavy atom. The number of aromatic carboxylic acids is 1. The van der Waals surface area contributed by atoms with Gasteiger partial charge >= 0.3 is 5.97 Å². The maximum absolute atomic E-state index is 11.8. The first-order valence-electron chi connectivity index (χ1n) is 6.94. The summed E-state index contributed by atoms with van der Waals surface area (Å²) in [6.07, 6.45) is 1.74. The number of carboxylic acid groups (broad SMARTS) is 1. The molecule has 2 unspecified atom stereocenters. The summed E-state index contributed by atoms with van der Waals surface area (Å²) in [6, 6.07) is 3.33. The highest BCUT2D eigenvalue weighted by Gasteiger charge is 2.29. The summed E-state index contributed by atoms with van der Waals surface area (Å²) in [5.41, 5.74) is 2.51. The summed E-state index contributed by atoms with van der Waals surface area (Å²) in [5, 5.41) is 11.0. The van der Waals surface area contributed by atoms with Crippen molar-refractivity contribution in [1.82, 2.24) is 4.98 Å². The summed E-state index contributed by atoms with van der Waals surface area (Å²) in [5.74, 6) is -0.257. The predicted molar refractivity (Wildman–Crippen MR) is 84.6 cm³/mol. The third-order valence-corrected chi connectivity index (χ3v) is 4.97. The van der Waals surface area contributed by atoms with Crippen molar-refractivity contribution in [3.8, 4) is 0 Å². The van der Waals surface area contributed by atoms with Gasteiger partial charge in [-0.1, -0.05) is 43.1 Å². The summed E-state index contributed by atoms with van der Waals surface area (Å²) < 4.78 is 0. The van der Waals surface area contributed by atoms with Crippen LogP contribution in [-0.4, -0.2) is 16.1 Å². The third-order valence-electron chi connectivity index (χ3n) is 4.17. The monoisotopic (exact) mass is 323 g/mol. The molecule has 0 bridgehead atoms. The van der Waals surface area contributed by atoms with Crippen molar-refractivity contribution < 1.29 is 9.90 Å². The first kappa shape index (κ1) is 14.6. The minimum atomic E-state index is -0.932. The molecular formula is C16H15Cl2NO2. The van der Waals surface area contributed by atoms with E-state index in [4.69, 9.17) is 23.2 Å². The summed E-state index contributed by atoms with van der Waals surface area (Å²) in [6.45, 7) is 4.22. The topological polar surface area (TPSA) is 50.2 Å². The molecule has 0 aliphatic heterocycles. The summed E-state index contributed by atoms with van der Waals surface area (Å²) in [7, 11) is 0. The lowest BCUT2D eigenvalue weighted by atomic mass is 9.79. The molecule has 110 valence electrons. The van der Waals surface area contributed by atoms with Crippen LogP contribution < -0.4 is 0 Å². The lowest BCUT2D eigenvalue weighted by Crippen LogP contribution is -2.20. The van der Waals surface area contributed by atoms with Gasteiger partial charge in [-0.2, -0.15) is 0 Å². The van der Waals surface area contributed by atoms with Gasteiger partial charge in [-0.05, 0) is 36.3 Å². The molecular weight excluding hydrogens is 309 g/mol. The van der Waals surface area contributed by atoms with E-state index < -0.39 is 5.97 Å². The van der Waals surface area contributed by atoms with E-state index in [1.807, 2.05) is 0 Å². The molecule has 21 heavy (non-hydrogen) atoms. The number of aromatic nitrogens is 1. The third kappa shape index (κ3) is 2.29. The molecule has 2 aromatic rings. The lowest BCUT2D eigenvalue weighted by Gasteiger charge is -2.28. The molecule has 3 rings (SSSR count). The smallest absolute Gasteiger partial charge is 0.336 e. The highest BCUT2D eigenvalue weighted by Crippen LogP contribution is 2.40. The number of carboxylic acids is 1. The van der Waals surface area contributed by atoms with Crippen LogP contribution in [0.25, 0.3) is 10.9 Å². The molecule has 0 radical (unpaired) electrons. The van der Waals surface area contributed by atoms with E-state index in [9.17, 15) is 9.90 Å². The fraction of sp³-hybridized carbons (Fsp3) is 0.375. The highest BCUT2D eigenvalue weighted by molar-refractivity contribution is 6.45. The Labute approximate surface area is 132 Å². The molecule has 5 heteroatoms. The van der Waals surface area contributed by atoms with Gasteiger partial charge in [0.2, 0.25) is 0 Å². The van der Waals surface area contributed by atoms with Crippen molar-refractivity contribution in [3.05, 3.63) is 39.0 Å². The van der Waals surface area contributed by atoms with Crippen LogP contribution in [0.5, 0.6) is 0 Å². The summed E-state index contributed by atoms with van der Waals surface area (Å²) in [4.78, 5) is 16.4. The van der Waals surface area contributed by atoms with Crippen LogP contribution in [0.4, 0.5) is 0 Å². The quantitative estimate of drug-likeness (QED) is 0.809. The normalized spacial score (nSPS) is 21.3. The number of halogens is 2. The molecule has 0 fully saturated rings. The van der Waals surface area contributed by atoms with E-state index in [1.165, 1.54) is 0 Å². The van der Waals surface area contributed by atoms with Gasteiger partial charge in [-0.15, -0.1) is 0 Å². The first-order chi connectivity index (χ1) is 9.90. The fourth-order valence-corrected chi connectivity index (χ4v) is 3.69. The molecule has 2 atom stereocenters. The van der Waals surface area contributed by atoms with Crippen LogP contribution in [0.3, 0.4) is 0 Å². The van der Waals surface area contributed by atoms with Crippen LogP contribution in [0.1, 0.15) is 47.8 Å². The molecule has 1 aromatic heterocycles. The zero-order chi connectivity index (χ0) is 15.3. The van der Waals surface area contributed by atoms with E-state index in [2.05, 4.69) is 18.8 Å². The van der Waals surface area contributed by atoms with Gasteiger partial charge in [0.05, 0.1) is 21.1 Å². The Kier molecular flexibility index (Phi) is 3.58. The molecule has 3 nitrogen and oxygen atoms in total. The van der Waals surface area contributed by atoms with Crippen LogP contribution in [0.15, 0.2) is 12.1 Å². The average Bonchev–Trinajstić information content (AvgIpc) is 2.41. The largest absolute Gasteiger partial charge is 0.478 e. The van der Waals surface area contributed by atoms with Crippen molar-refractivity contribution >= 4 is 40.1 Å². The van der Waals surface area contributed by atoms with Crippen molar-refractivity contribution in [3.63, 3.8) is 0 Å². The Bertz CT molecular complexity index is 758. The van der Waals surface area contributed by atoms with Gasteiger partial charge in [0, 0.05) is 11.1 Å². The van der Waals surface area contributed by atoms with Gasteiger partial charge in [0.15, 0.2) is 0 Å². The van der Waals surface area contributed by atoms with E-state index in [0.29, 0.717) is 32.4 Å². The Balaban J connectivity index is 2.44. The Morgan fingerprint density at radius 2 is 2.05 bits per heavy atom. The molecule has 0 spiro atoms. The van der Waals surface area contributed by atoms with E-state index in [0.717, 1.165) is 24.1 Å². The van der Waals surface area contributed by atoms with Crippen molar-refractivity contribution in [1.29, 1.82) is 0 Å². The molecule has 1 aliphatic carbocycles. The standard InChI is InChI=1S/C16H15Cl2NO2/c1-7-5-8(2)14-10(6-7)12(16(20)21)9-3-4-11(17)13(18)15(9)19-14/h3-4,7-8H,5-6H2,1-2H3,(H,20,21). The first-order valence-corrected chi connectivity index (χ1v) is 7.69. The number of carbonyl (C=O) groups is 1. The second kappa shape index (κ2) is 5.15. The molecule has 1 N–H and O–H groups in total. The maximum Gasteiger partial charge on any atom is 0.336 e. The molecule has 1 aromatic carbocycles. The minimum Gasteiger partial charge on any atom is -0.478 e. The maximum atomic E-state index is 11.8. The van der Waals surface area contributed by atoms with E-state index in [1.54, 1.807) is 12.1 Å². The number of hydrogen-bond donors (Lipinski definition) is 1. The molecule has 0 saturated heterocycles. The highest BCUT2D eigenvalue weighted by atomic mass is 35.5. The van der Waals surface area contributed by atoms with Gasteiger partial charge in [-0.25, -0.2) is 4.79 Å². The van der Waals surface area contributed by atoms with Gasteiger partial charge < -0.3 is 5.11 Å². The van der Waals surface area contributed by atoms with Gasteiger partial charge in [0.1, 0.15) is 0 Å². The number of nitrogens with zero attached hydrogens (tertiary/aromatic N) is 1. The Hall–Kier alpha value is -1.32. The van der Waals surface area contributed by atoms with E-state index >= 15 is 0 Å². The van der Waals surface area contributed by atoms with Crippen molar-refractivity contribution in [2.75, 3.05) is 0 Å². The number of benzene rings is 1. The second-order valence-corrected chi connectivity index (χ2v) is 6.64. The Morgan fingerprint density at radius 1 is 1.33 bits per heavy atom. The molecule has 1 aliphatic rings. The molecule has 1 heterocycles. The van der Waals surface area contributed by atoms with Crippen molar-refractivity contribution in [2.45, 2.75) is 32.6 Å². The van der Waals surface area contributed by atoms with E-state index in [-0.39, 0.29) is 5.92 Å². The fourth-order valence-electron chi connectivity index (χ4n) is 3.34. The summed E-state index contributed by atoms with van der Waals surface area (Å²) >= 11 is 12.3. The minimum absolute atomic E-state index is 0.223.